The number of nitrogens with zero attached hydrogens (tertiary/aromatic N) is 4. The lowest BCUT2D eigenvalue weighted by Gasteiger charge is -2.28. The van der Waals surface area contributed by atoms with E-state index >= 15 is 0 Å². The molecule has 1 atom stereocenters. The van der Waals surface area contributed by atoms with Crippen LogP contribution in [0.25, 0.3) is 11.6 Å². The fourth-order valence-corrected chi connectivity index (χ4v) is 3.99. The molecule has 5 rings (SSSR count). The molecule has 31 heavy (non-hydrogen) atoms. The molecule has 1 aliphatic heterocycles. The topological polar surface area (TPSA) is 97.9 Å². The fraction of sp³-hybridized carbons (Fsp3) is 0.0909. The Bertz CT molecular complexity index is 1280. The van der Waals surface area contributed by atoms with E-state index in [9.17, 15) is 4.79 Å². The number of amides is 1. The molecular formula is C22H17BrN6O2. The number of carbonyl (C=O) groups excluding carboxylic acids is 1. The van der Waals surface area contributed by atoms with Crippen LogP contribution in [0, 0.1) is 0 Å². The molecule has 1 aliphatic rings. The van der Waals surface area contributed by atoms with E-state index in [4.69, 9.17) is 4.42 Å². The highest BCUT2D eigenvalue weighted by Gasteiger charge is 2.34. The molecule has 8 nitrogen and oxygen atoms in total. The number of carbonyl (C=O) groups is 1. The molecule has 0 unspecified atom stereocenters. The van der Waals surface area contributed by atoms with Crippen molar-refractivity contribution >= 4 is 33.5 Å². The van der Waals surface area contributed by atoms with E-state index in [0.29, 0.717) is 34.5 Å². The summed E-state index contributed by atoms with van der Waals surface area (Å²) in [5.41, 5.74) is 2.73. The molecule has 4 heterocycles. The number of aromatic nitrogens is 4. The summed E-state index contributed by atoms with van der Waals surface area (Å²) in [6.07, 6.45) is 4.84. The summed E-state index contributed by atoms with van der Waals surface area (Å²) in [5, 5.41) is 10.8. The van der Waals surface area contributed by atoms with E-state index in [2.05, 4.69) is 41.6 Å². The van der Waals surface area contributed by atoms with Crippen LogP contribution in [0.5, 0.6) is 0 Å². The first kappa shape index (κ1) is 19.3. The first-order valence-electron chi connectivity index (χ1n) is 9.55. The van der Waals surface area contributed by atoms with Crippen LogP contribution in [0.2, 0.25) is 0 Å². The zero-order valence-electron chi connectivity index (χ0n) is 16.4. The molecule has 9 heteroatoms. The van der Waals surface area contributed by atoms with Gasteiger partial charge in [0.05, 0.1) is 23.7 Å². The smallest absolute Gasteiger partial charge is 0.255 e. The maximum absolute atomic E-state index is 13.4. The van der Waals surface area contributed by atoms with Crippen molar-refractivity contribution in [1.29, 1.82) is 0 Å². The van der Waals surface area contributed by atoms with Crippen molar-refractivity contribution in [3.63, 3.8) is 0 Å². The Hall–Kier alpha value is -3.72. The molecule has 4 aromatic rings. The van der Waals surface area contributed by atoms with Gasteiger partial charge >= 0.3 is 0 Å². The lowest BCUT2D eigenvalue weighted by Crippen LogP contribution is -2.31. The average Bonchev–Trinajstić information content (AvgIpc) is 3.43. The Morgan fingerprint density at radius 2 is 2.13 bits per heavy atom. The summed E-state index contributed by atoms with van der Waals surface area (Å²) in [5.74, 6) is 1.28. The van der Waals surface area contributed by atoms with Crippen molar-refractivity contribution in [2.24, 2.45) is 0 Å². The molecule has 3 aromatic heterocycles. The van der Waals surface area contributed by atoms with Crippen molar-refractivity contribution in [1.82, 2.24) is 19.7 Å². The largest absolute Gasteiger partial charge is 0.461 e. The highest BCUT2D eigenvalue weighted by atomic mass is 79.9. The fourth-order valence-electron chi connectivity index (χ4n) is 3.58. The van der Waals surface area contributed by atoms with Gasteiger partial charge in [-0.05, 0) is 48.9 Å². The van der Waals surface area contributed by atoms with Gasteiger partial charge < -0.3 is 15.1 Å². The lowest BCUT2D eigenvalue weighted by atomic mass is 9.95. The highest BCUT2D eigenvalue weighted by Crippen LogP contribution is 2.37. The predicted molar refractivity (Wildman–Crippen MR) is 119 cm³/mol. The standard InChI is InChI=1S/C22H17BrN6O2/c1-13-18(21(30)26-16-7-3-9-24-12-16)19(14-5-2-6-15(23)11-14)29-22(25-13)27-20(28-29)17-8-4-10-31-17/h2-12,19H,1H3,(H,26,30)(H,25,27,28)/t19-/m0/s1. The van der Waals surface area contributed by atoms with Crippen molar-refractivity contribution in [3.8, 4) is 11.6 Å². The SMILES string of the molecule is CC1=C(C(=O)Nc2cccnc2)[C@H](c2cccc(Br)c2)n2nc(-c3ccco3)nc2N1. The van der Waals surface area contributed by atoms with E-state index in [1.807, 2.05) is 31.2 Å². The van der Waals surface area contributed by atoms with Crippen LogP contribution < -0.4 is 10.6 Å². The molecular weight excluding hydrogens is 460 g/mol. The van der Waals surface area contributed by atoms with Gasteiger partial charge in [-0.15, -0.1) is 5.10 Å². The van der Waals surface area contributed by atoms with Gasteiger partial charge in [-0.25, -0.2) is 4.68 Å². The Morgan fingerprint density at radius 1 is 1.23 bits per heavy atom. The minimum atomic E-state index is -0.485. The monoisotopic (exact) mass is 476 g/mol. The van der Waals surface area contributed by atoms with E-state index in [-0.39, 0.29) is 5.91 Å². The molecule has 1 aromatic carbocycles. The minimum absolute atomic E-state index is 0.247. The zero-order chi connectivity index (χ0) is 21.4. The Morgan fingerprint density at radius 3 is 2.87 bits per heavy atom. The molecule has 0 bridgehead atoms. The van der Waals surface area contributed by atoms with Crippen LogP contribution in [-0.4, -0.2) is 25.7 Å². The van der Waals surface area contributed by atoms with Crippen molar-refractivity contribution in [2.45, 2.75) is 13.0 Å². The second kappa shape index (κ2) is 7.84. The molecule has 0 radical (unpaired) electrons. The van der Waals surface area contributed by atoms with Gasteiger partial charge in [0.25, 0.3) is 5.91 Å². The molecule has 0 saturated heterocycles. The van der Waals surface area contributed by atoms with Crippen molar-refractivity contribution < 1.29 is 9.21 Å². The van der Waals surface area contributed by atoms with Crippen molar-refractivity contribution in [3.05, 3.63) is 88.5 Å². The summed E-state index contributed by atoms with van der Waals surface area (Å²) in [6.45, 7) is 1.86. The van der Waals surface area contributed by atoms with E-state index in [1.54, 1.807) is 47.6 Å². The van der Waals surface area contributed by atoms with E-state index < -0.39 is 6.04 Å². The van der Waals surface area contributed by atoms with Gasteiger partial charge in [0.2, 0.25) is 11.8 Å². The predicted octanol–water partition coefficient (Wildman–Crippen LogP) is 4.62. The summed E-state index contributed by atoms with van der Waals surface area (Å²) >= 11 is 3.53. The van der Waals surface area contributed by atoms with Crippen LogP contribution in [0.3, 0.4) is 0 Å². The first-order chi connectivity index (χ1) is 15.1. The average molecular weight is 477 g/mol. The quantitative estimate of drug-likeness (QED) is 0.445. The third-order valence-electron chi connectivity index (χ3n) is 4.92. The van der Waals surface area contributed by atoms with Crippen LogP contribution in [0.1, 0.15) is 18.5 Å². The minimum Gasteiger partial charge on any atom is -0.461 e. The van der Waals surface area contributed by atoms with Crippen LogP contribution in [-0.2, 0) is 4.79 Å². The first-order valence-corrected chi connectivity index (χ1v) is 10.3. The number of halogens is 1. The maximum Gasteiger partial charge on any atom is 0.255 e. The maximum atomic E-state index is 13.4. The number of furan rings is 1. The number of allylic oxidation sites excluding steroid dienone is 1. The number of fused-ring (bicyclic) bond motifs is 1. The van der Waals surface area contributed by atoms with Crippen LogP contribution in [0.15, 0.2) is 87.3 Å². The molecule has 0 aliphatic carbocycles. The second-order valence-corrected chi connectivity index (χ2v) is 7.91. The second-order valence-electron chi connectivity index (χ2n) is 7.00. The molecule has 154 valence electrons. The van der Waals surface area contributed by atoms with Gasteiger partial charge in [0, 0.05) is 16.4 Å². The van der Waals surface area contributed by atoms with E-state index in [0.717, 1.165) is 10.0 Å². The van der Waals surface area contributed by atoms with Gasteiger partial charge in [-0.2, -0.15) is 4.98 Å². The third-order valence-corrected chi connectivity index (χ3v) is 5.42. The summed E-state index contributed by atoms with van der Waals surface area (Å²) in [7, 11) is 0. The molecule has 0 fully saturated rings. The van der Waals surface area contributed by atoms with E-state index in [1.165, 1.54) is 0 Å². The molecule has 1 amide bonds. The third kappa shape index (κ3) is 3.64. The van der Waals surface area contributed by atoms with Gasteiger partial charge in [0.1, 0.15) is 6.04 Å². The van der Waals surface area contributed by atoms with Crippen LogP contribution in [0.4, 0.5) is 11.6 Å². The molecule has 0 spiro atoms. The number of hydrogen-bond donors (Lipinski definition) is 2. The van der Waals surface area contributed by atoms with Crippen molar-refractivity contribution in [2.75, 3.05) is 10.6 Å². The summed E-state index contributed by atoms with van der Waals surface area (Å²) < 4.78 is 8.08. The summed E-state index contributed by atoms with van der Waals surface area (Å²) in [4.78, 5) is 22.0. The van der Waals surface area contributed by atoms with Gasteiger partial charge in [0.15, 0.2) is 5.76 Å². The lowest BCUT2D eigenvalue weighted by molar-refractivity contribution is -0.113. The Balaban J connectivity index is 1.62. The Kier molecular flexibility index (Phi) is 4.87. The number of hydrogen-bond acceptors (Lipinski definition) is 6. The normalized spacial score (nSPS) is 15.4. The van der Waals surface area contributed by atoms with Gasteiger partial charge in [-0.1, -0.05) is 28.1 Å². The number of rotatable bonds is 4. The number of benzene rings is 1. The number of anilines is 2. The number of nitrogens with one attached hydrogen (secondary N) is 2. The number of pyridine rings is 1. The molecule has 2 N–H and O–H groups in total. The zero-order valence-corrected chi connectivity index (χ0v) is 18.0. The molecule has 0 saturated carbocycles. The van der Waals surface area contributed by atoms with Gasteiger partial charge in [-0.3, -0.25) is 9.78 Å². The summed E-state index contributed by atoms with van der Waals surface area (Å²) in [6, 6.07) is 14.5. The Labute approximate surface area is 186 Å². The highest BCUT2D eigenvalue weighted by molar-refractivity contribution is 9.10. The van der Waals surface area contributed by atoms with Crippen LogP contribution >= 0.6 is 15.9 Å².